The SMILES string of the molecule is CCCCCCCCCCC[C@H](O[C@@H]1OC[C@@H](O)[C@H](O)[C@H]1O)[C@H](O)[C@H](O)C[C@@H]1CC(=O)N[C@H](CO)C(=O)NC(C(O)c2ccc(O)cc2)C(=O)N[C@H](CC(N)=O)C(=O)NCC(=O)N[C@@H](CC(N)=O)C(=O)N[C@@H](CO)C(=O)N[C@@H]([C@H](O)C(N)=O)C(=O)N1. The van der Waals surface area contributed by atoms with Crippen molar-refractivity contribution in [2.75, 3.05) is 26.4 Å². The Balaban J connectivity index is 2.17. The lowest BCUT2D eigenvalue weighted by molar-refractivity contribution is -0.293. The van der Waals surface area contributed by atoms with Crippen LogP contribution >= 0.6 is 0 Å². The predicted molar refractivity (Wildman–Crippen MR) is 292 cm³/mol. The maximum Gasteiger partial charge on any atom is 0.248 e. The number of carbonyl (C=O) groups excluding carboxylic acids is 11. The van der Waals surface area contributed by atoms with Crippen LogP contribution in [0, 0.1) is 0 Å². The number of nitrogens with one attached hydrogen (secondary N) is 8. The Bertz CT molecular complexity index is 2450. The highest BCUT2D eigenvalue weighted by Gasteiger charge is 2.43. The van der Waals surface area contributed by atoms with Crippen molar-refractivity contribution >= 4 is 65.0 Å². The normalized spacial score (nSPS) is 27.3. The van der Waals surface area contributed by atoms with Crippen molar-refractivity contribution in [1.82, 2.24) is 42.5 Å². The third-order valence-corrected chi connectivity index (χ3v) is 13.9. The van der Waals surface area contributed by atoms with Gasteiger partial charge in [0.1, 0.15) is 72.5 Å². The molecule has 0 aromatic heterocycles. The van der Waals surface area contributed by atoms with Gasteiger partial charge < -0.3 is 120 Å². The summed E-state index contributed by atoms with van der Waals surface area (Å²) in [6.45, 7) is -2.19. The van der Waals surface area contributed by atoms with Crippen molar-refractivity contribution in [1.29, 1.82) is 0 Å². The third kappa shape index (κ3) is 23.9. The lowest BCUT2D eigenvalue weighted by Crippen LogP contribution is -2.63. The van der Waals surface area contributed by atoms with E-state index in [4.69, 9.17) is 26.7 Å². The van der Waals surface area contributed by atoms with Gasteiger partial charge in [0.05, 0.1) is 51.4 Å². The Labute approximate surface area is 493 Å². The largest absolute Gasteiger partial charge is 0.508 e. The van der Waals surface area contributed by atoms with E-state index in [1.165, 1.54) is 0 Å². The molecule has 0 bridgehead atoms. The number of phenolic OH excluding ortho intramolecular Hbond substituents is 1. The summed E-state index contributed by atoms with van der Waals surface area (Å²) in [6.07, 6.45) is -13.7. The van der Waals surface area contributed by atoms with E-state index in [-0.39, 0.29) is 17.7 Å². The highest BCUT2D eigenvalue weighted by molar-refractivity contribution is 6.00. The Hall–Kier alpha value is -7.25. The fourth-order valence-electron chi connectivity index (χ4n) is 9.08. The van der Waals surface area contributed by atoms with Crippen LogP contribution in [0.5, 0.6) is 5.75 Å². The number of rotatable bonds is 26. The van der Waals surface area contributed by atoms with E-state index in [0.29, 0.717) is 12.8 Å². The molecular formula is C52H83N11O23. The number of primary amides is 3. The van der Waals surface area contributed by atoms with Gasteiger partial charge in [-0.15, -0.1) is 0 Å². The van der Waals surface area contributed by atoms with E-state index >= 15 is 0 Å². The Morgan fingerprint density at radius 1 is 0.616 bits per heavy atom. The molecule has 0 saturated carbocycles. The van der Waals surface area contributed by atoms with Crippen LogP contribution < -0.4 is 59.7 Å². The number of carbonyl (C=O) groups is 11. The molecule has 0 radical (unpaired) electrons. The number of ether oxygens (including phenoxy) is 2. The van der Waals surface area contributed by atoms with Gasteiger partial charge in [0.15, 0.2) is 12.4 Å². The number of phenols is 1. The molecule has 11 amide bonds. The minimum atomic E-state index is -2.68. The van der Waals surface area contributed by atoms with E-state index in [1.54, 1.807) is 0 Å². The van der Waals surface area contributed by atoms with E-state index in [2.05, 4.69) is 28.2 Å². The third-order valence-electron chi connectivity index (χ3n) is 13.9. The number of aliphatic hydroxyl groups is 9. The van der Waals surface area contributed by atoms with Crippen LogP contribution in [0.3, 0.4) is 0 Å². The second-order valence-corrected chi connectivity index (χ2v) is 20.9. The molecule has 86 heavy (non-hydrogen) atoms. The number of aromatic hydroxyl groups is 1. The molecular weight excluding hydrogens is 1150 g/mol. The summed E-state index contributed by atoms with van der Waals surface area (Å²) in [7, 11) is 0. The number of benzene rings is 1. The fourth-order valence-corrected chi connectivity index (χ4v) is 9.08. The average Bonchev–Trinajstić information content (AvgIpc) is 3.43. The van der Waals surface area contributed by atoms with Crippen LogP contribution in [0.15, 0.2) is 24.3 Å². The first-order valence-corrected chi connectivity index (χ1v) is 27.9. The molecule has 484 valence electrons. The van der Waals surface area contributed by atoms with Gasteiger partial charge in [-0.3, -0.25) is 52.7 Å². The second kappa shape index (κ2) is 36.7. The molecule has 2 saturated heterocycles. The van der Waals surface area contributed by atoms with E-state index in [1.807, 2.05) is 21.3 Å². The van der Waals surface area contributed by atoms with Crippen LogP contribution in [0.2, 0.25) is 0 Å². The van der Waals surface area contributed by atoms with Gasteiger partial charge in [0, 0.05) is 12.5 Å². The molecule has 2 fully saturated rings. The van der Waals surface area contributed by atoms with Crippen LogP contribution in [-0.2, 0) is 62.2 Å². The zero-order valence-corrected chi connectivity index (χ0v) is 47.3. The number of unbranched alkanes of at least 4 members (excludes halogenated alkanes) is 8. The van der Waals surface area contributed by atoms with E-state index < -0.39 is 214 Å². The zero-order chi connectivity index (χ0) is 64.4. The summed E-state index contributed by atoms with van der Waals surface area (Å²) < 4.78 is 11.3. The number of hydrogen-bond donors (Lipinski definition) is 21. The predicted octanol–water partition coefficient (Wildman–Crippen LogP) is -9.22. The quantitative estimate of drug-likeness (QED) is 0.0383. The smallest absolute Gasteiger partial charge is 0.248 e. The van der Waals surface area contributed by atoms with Gasteiger partial charge in [-0.1, -0.05) is 76.8 Å². The van der Waals surface area contributed by atoms with Crippen molar-refractivity contribution in [3.63, 3.8) is 0 Å². The Morgan fingerprint density at radius 3 is 1.67 bits per heavy atom. The second-order valence-electron chi connectivity index (χ2n) is 20.9. The maximum atomic E-state index is 14.2. The first-order valence-electron chi connectivity index (χ1n) is 27.9. The van der Waals surface area contributed by atoms with E-state index in [9.17, 15) is 104 Å². The molecule has 2 unspecified atom stereocenters. The molecule has 0 aliphatic carbocycles. The number of amides is 11. The Morgan fingerprint density at radius 2 is 1.12 bits per heavy atom. The number of nitrogens with two attached hydrogens (primary N) is 3. The topological polar surface area (TPSA) is 583 Å². The Kier molecular flexibility index (Phi) is 31.1. The molecule has 2 aliphatic heterocycles. The van der Waals surface area contributed by atoms with Crippen molar-refractivity contribution in [2.45, 2.75) is 194 Å². The summed E-state index contributed by atoms with van der Waals surface area (Å²) in [5, 5.41) is 124. The van der Waals surface area contributed by atoms with Gasteiger partial charge in [0.2, 0.25) is 65.0 Å². The van der Waals surface area contributed by atoms with Gasteiger partial charge >= 0.3 is 0 Å². The standard InChI is InChI=1S/C52H83N11O23/c1-2-3-4-5-6-7-8-9-10-11-33(86-52-44(77)42(75)32(68)23-85-52)41(74)31(67)16-25-17-36(71)59-29(21-64)48(81)62-38(40(73)24-12-14-26(66)15-13-24)51(84)60-27(18-34(53)69)46(79)56-20-37(72)58-28(19-35(54)70)47(80)61-30(22-65)49(82)63-39(50(83)57-25)43(76)45(55)78/h12-15,25,27-33,38-44,52,64-68,73-77H,2-11,16-23H2,1H3,(H2,53,69)(H2,54,70)(H2,55,78)(H,56,79)(H,57,83)(H,58,72)(H,59,71)(H,60,84)(H,61,80)(H,62,81)(H,63,82)/t25-,27-,28+,29-,30+,31-,32-,33+,38?,39+,40?,41-,42+,43+,44-,52+/m1/s1. The number of hydrogen-bond acceptors (Lipinski definition) is 23. The monoisotopic (exact) mass is 1230 g/mol. The molecule has 16 atom stereocenters. The summed E-state index contributed by atoms with van der Waals surface area (Å²) in [4.78, 5) is 147. The van der Waals surface area contributed by atoms with Crippen molar-refractivity contribution in [2.24, 2.45) is 17.2 Å². The molecule has 1 aromatic carbocycles. The number of aliphatic hydroxyl groups excluding tert-OH is 9. The first-order chi connectivity index (χ1) is 40.6. The summed E-state index contributed by atoms with van der Waals surface area (Å²) in [5.74, 6) is -15.9. The molecule has 2 heterocycles. The van der Waals surface area contributed by atoms with Gasteiger partial charge in [-0.25, -0.2) is 0 Å². The van der Waals surface area contributed by atoms with Crippen LogP contribution in [0.1, 0.15) is 108 Å². The van der Waals surface area contributed by atoms with E-state index in [0.717, 1.165) is 69.2 Å². The summed E-state index contributed by atoms with van der Waals surface area (Å²) in [6, 6.07) is -10.6. The lowest BCUT2D eigenvalue weighted by Gasteiger charge is -2.38. The molecule has 3 rings (SSSR count). The highest BCUT2D eigenvalue weighted by atomic mass is 16.7. The fraction of sp³-hybridized carbons (Fsp3) is 0.673. The minimum absolute atomic E-state index is 0.0549. The van der Waals surface area contributed by atoms with Crippen molar-refractivity contribution < 1.29 is 113 Å². The molecule has 34 nitrogen and oxygen atoms in total. The van der Waals surface area contributed by atoms with Crippen LogP contribution in [0.4, 0.5) is 0 Å². The van der Waals surface area contributed by atoms with Gasteiger partial charge in [0.25, 0.3) is 0 Å². The average molecular weight is 1230 g/mol. The first kappa shape index (κ1) is 73.0. The zero-order valence-electron chi connectivity index (χ0n) is 47.3. The summed E-state index contributed by atoms with van der Waals surface area (Å²) in [5.41, 5.74) is 15.8. The lowest BCUT2D eigenvalue weighted by atomic mass is 9.94. The highest BCUT2D eigenvalue weighted by Crippen LogP contribution is 2.25. The molecule has 0 spiro atoms. The van der Waals surface area contributed by atoms with Crippen molar-refractivity contribution in [3.8, 4) is 5.75 Å². The molecule has 24 N–H and O–H groups in total. The van der Waals surface area contributed by atoms with Crippen LogP contribution in [-0.4, -0.2) is 234 Å². The van der Waals surface area contributed by atoms with Gasteiger partial charge in [-0.2, -0.15) is 0 Å². The van der Waals surface area contributed by atoms with Crippen LogP contribution in [0.25, 0.3) is 0 Å². The molecule has 2 aliphatic rings. The van der Waals surface area contributed by atoms with Crippen molar-refractivity contribution in [3.05, 3.63) is 29.8 Å². The molecule has 1 aromatic rings. The maximum absolute atomic E-state index is 14.2. The van der Waals surface area contributed by atoms with Gasteiger partial charge in [-0.05, 0) is 30.5 Å². The summed E-state index contributed by atoms with van der Waals surface area (Å²) >= 11 is 0. The molecule has 34 heteroatoms. The minimum Gasteiger partial charge on any atom is -0.508 e.